The van der Waals surface area contributed by atoms with Crippen LogP contribution in [0.5, 0.6) is 0 Å². The van der Waals surface area contributed by atoms with Crippen LogP contribution in [0.3, 0.4) is 0 Å². The molecule has 1 fully saturated rings. The smallest absolute Gasteiger partial charge is 0.234 e. The minimum atomic E-state index is 0.148. The highest BCUT2D eigenvalue weighted by Crippen LogP contribution is 2.29. The zero-order valence-electron chi connectivity index (χ0n) is 12.0. The number of rotatable bonds is 8. The molecule has 3 nitrogen and oxygen atoms in total. The molecule has 4 heteroatoms. The molecule has 0 spiro atoms. The largest absolute Gasteiger partial charge is 0.352 e. The summed E-state index contributed by atoms with van der Waals surface area (Å²) in [7, 11) is 0. The van der Waals surface area contributed by atoms with Crippen molar-refractivity contribution in [1.29, 1.82) is 0 Å². The van der Waals surface area contributed by atoms with E-state index in [0.717, 1.165) is 18.1 Å². The average molecular weight is 272 g/mol. The van der Waals surface area contributed by atoms with Gasteiger partial charge in [0.1, 0.15) is 0 Å². The molecule has 2 atom stereocenters. The molecule has 2 unspecified atom stereocenters. The number of thioether (sulfide) groups is 1. The topological polar surface area (TPSA) is 41.1 Å². The highest BCUT2D eigenvalue weighted by molar-refractivity contribution is 7.99. The minimum absolute atomic E-state index is 0.148. The van der Waals surface area contributed by atoms with Crippen molar-refractivity contribution in [1.82, 2.24) is 10.6 Å². The van der Waals surface area contributed by atoms with Crippen molar-refractivity contribution in [2.24, 2.45) is 0 Å². The lowest BCUT2D eigenvalue weighted by molar-refractivity contribution is -0.121. The third-order valence-corrected chi connectivity index (χ3v) is 4.92. The van der Waals surface area contributed by atoms with Crippen LogP contribution in [0.1, 0.15) is 52.9 Å². The maximum Gasteiger partial charge on any atom is 0.234 e. The van der Waals surface area contributed by atoms with Crippen molar-refractivity contribution in [2.45, 2.75) is 70.2 Å². The van der Waals surface area contributed by atoms with Gasteiger partial charge in [0.2, 0.25) is 5.91 Å². The molecular formula is C14H28N2OS. The first kappa shape index (κ1) is 15.8. The summed E-state index contributed by atoms with van der Waals surface area (Å²) in [5.41, 5.74) is 0. The monoisotopic (exact) mass is 272 g/mol. The van der Waals surface area contributed by atoms with Crippen LogP contribution in [0.15, 0.2) is 0 Å². The predicted molar refractivity (Wildman–Crippen MR) is 80.1 cm³/mol. The number of carbonyl (C=O) groups is 1. The second-order valence-corrected chi connectivity index (χ2v) is 6.63. The summed E-state index contributed by atoms with van der Waals surface area (Å²) in [6.45, 7) is 6.93. The summed E-state index contributed by atoms with van der Waals surface area (Å²) in [6, 6.07) is 0.882. The van der Waals surface area contributed by atoms with Gasteiger partial charge >= 0.3 is 0 Å². The summed E-state index contributed by atoms with van der Waals surface area (Å²) < 4.78 is 0. The van der Waals surface area contributed by atoms with Gasteiger partial charge in [0.05, 0.1) is 6.54 Å². The van der Waals surface area contributed by atoms with E-state index in [1.165, 1.54) is 25.0 Å². The second-order valence-electron chi connectivity index (χ2n) is 5.05. The van der Waals surface area contributed by atoms with E-state index >= 15 is 0 Å². The van der Waals surface area contributed by atoms with E-state index in [1.807, 2.05) is 0 Å². The fourth-order valence-electron chi connectivity index (χ4n) is 2.52. The Kier molecular flexibility index (Phi) is 7.75. The Morgan fingerprint density at radius 2 is 2.00 bits per heavy atom. The minimum Gasteiger partial charge on any atom is -0.352 e. The van der Waals surface area contributed by atoms with Gasteiger partial charge in [-0.15, -0.1) is 0 Å². The summed E-state index contributed by atoms with van der Waals surface area (Å²) in [5, 5.41) is 7.27. The van der Waals surface area contributed by atoms with E-state index in [0.29, 0.717) is 18.6 Å². The zero-order valence-corrected chi connectivity index (χ0v) is 12.8. The van der Waals surface area contributed by atoms with Gasteiger partial charge in [-0.1, -0.05) is 20.8 Å². The molecule has 0 aromatic rings. The molecule has 18 heavy (non-hydrogen) atoms. The number of carbonyl (C=O) groups excluding carboxylic acids is 1. The molecule has 0 aromatic carbocycles. The van der Waals surface area contributed by atoms with Gasteiger partial charge in [-0.3, -0.25) is 4.79 Å². The highest BCUT2D eigenvalue weighted by atomic mass is 32.2. The predicted octanol–water partition coefficient (Wildman–Crippen LogP) is 2.55. The quantitative estimate of drug-likeness (QED) is 0.713. The van der Waals surface area contributed by atoms with Gasteiger partial charge in [-0.25, -0.2) is 0 Å². The molecule has 0 saturated heterocycles. The van der Waals surface area contributed by atoms with Crippen molar-refractivity contribution in [3.8, 4) is 0 Å². The van der Waals surface area contributed by atoms with Crippen molar-refractivity contribution >= 4 is 17.7 Å². The lowest BCUT2D eigenvalue weighted by atomic mass is 10.2. The van der Waals surface area contributed by atoms with Crippen LogP contribution in [0.2, 0.25) is 0 Å². The standard InChI is InChI=1S/C14H28N2OS/c1-4-11(5-2)16-14(17)10-15-12-7-8-13(9-12)18-6-3/h11-13,15H,4-10H2,1-3H3,(H,16,17). The molecule has 1 saturated carbocycles. The Labute approximate surface area is 116 Å². The first-order valence-corrected chi connectivity index (χ1v) is 8.38. The maximum absolute atomic E-state index is 11.8. The van der Waals surface area contributed by atoms with Crippen molar-refractivity contribution < 1.29 is 4.79 Å². The Bertz CT molecular complexity index is 244. The average Bonchev–Trinajstić information content (AvgIpc) is 2.82. The van der Waals surface area contributed by atoms with Crippen LogP contribution in [0.25, 0.3) is 0 Å². The molecule has 2 N–H and O–H groups in total. The first-order valence-electron chi connectivity index (χ1n) is 7.33. The maximum atomic E-state index is 11.8. The van der Waals surface area contributed by atoms with Gasteiger partial charge in [0.25, 0.3) is 0 Å². The summed E-state index contributed by atoms with van der Waals surface area (Å²) in [6.07, 6.45) is 5.76. The third-order valence-electron chi connectivity index (χ3n) is 3.69. The molecule has 1 aliphatic carbocycles. The molecule has 0 heterocycles. The second kappa shape index (κ2) is 8.81. The third kappa shape index (κ3) is 5.61. The van der Waals surface area contributed by atoms with Crippen molar-refractivity contribution in [2.75, 3.05) is 12.3 Å². The number of hydrogen-bond donors (Lipinski definition) is 2. The van der Waals surface area contributed by atoms with E-state index in [1.54, 1.807) is 0 Å². The van der Waals surface area contributed by atoms with Crippen LogP contribution < -0.4 is 10.6 Å². The van der Waals surface area contributed by atoms with Crippen molar-refractivity contribution in [3.63, 3.8) is 0 Å². The van der Waals surface area contributed by atoms with E-state index in [2.05, 4.69) is 43.2 Å². The SMILES string of the molecule is CCSC1CCC(NCC(=O)NC(CC)CC)C1. The first-order chi connectivity index (χ1) is 8.69. The van der Waals surface area contributed by atoms with Crippen LogP contribution in [0.4, 0.5) is 0 Å². The summed E-state index contributed by atoms with van der Waals surface area (Å²) in [4.78, 5) is 11.8. The molecule has 0 aromatic heterocycles. The van der Waals surface area contributed by atoms with E-state index in [-0.39, 0.29) is 5.91 Å². The Morgan fingerprint density at radius 1 is 1.28 bits per heavy atom. The van der Waals surface area contributed by atoms with Crippen LogP contribution in [-0.4, -0.2) is 35.5 Å². The molecule has 1 aliphatic rings. The molecule has 106 valence electrons. The normalized spacial score (nSPS) is 23.6. The lowest BCUT2D eigenvalue weighted by Crippen LogP contribution is -2.42. The van der Waals surface area contributed by atoms with E-state index in [4.69, 9.17) is 0 Å². The van der Waals surface area contributed by atoms with E-state index < -0.39 is 0 Å². The van der Waals surface area contributed by atoms with Gasteiger partial charge in [-0.2, -0.15) is 11.8 Å². The Hall–Kier alpha value is -0.220. The molecule has 1 rings (SSSR count). The summed E-state index contributed by atoms with van der Waals surface area (Å²) in [5.74, 6) is 1.35. The number of nitrogens with one attached hydrogen (secondary N) is 2. The lowest BCUT2D eigenvalue weighted by Gasteiger charge is -2.17. The fourth-order valence-corrected chi connectivity index (χ4v) is 3.66. The molecule has 0 radical (unpaired) electrons. The highest BCUT2D eigenvalue weighted by Gasteiger charge is 2.24. The number of hydrogen-bond acceptors (Lipinski definition) is 3. The molecule has 1 amide bonds. The van der Waals surface area contributed by atoms with Gasteiger partial charge in [-0.05, 0) is 37.9 Å². The molecule has 0 aliphatic heterocycles. The van der Waals surface area contributed by atoms with Crippen LogP contribution >= 0.6 is 11.8 Å². The van der Waals surface area contributed by atoms with E-state index in [9.17, 15) is 4.79 Å². The Morgan fingerprint density at radius 3 is 2.61 bits per heavy atom. The molecule has 0 bridgehead atoms. The van der Waals surface area contributed by atoms with Crippen molar-refractivity contribution in [3.05, 3.63) is 0 Å². The van der Waals surface area contributed by atoms with Gasteiger partial charge in [0.15, 0.2) is 0 Å². The zero-order chi connectivity index (χ0) is 13.4. The van der Waals surface area contributed by atoms with Crippen LogP contribution in [-0.2, 0) is 4.79 Å². The summed E-state index contributed by atoms with van der Waals surface area (Å²) >= 11 is 2.05. The van der Waals surface area contributed by atoms with Crippen LogP contribution in [0, 0.1) is 0 Å². The molecular weight excluding hydrogens is 244 g/mol. The Balaban J connectivity index is 2.15. The van der Waals surface area contributed by atoms with Gasteiger partial charge in [0, 0.05) is 17.3 Å². The number of amides is 1. The fraction of sp³-hybridized carbons (Fsp3) is 0.929. The van der Waals surface area contributed by atoms with Gasteiger partial charge < -0.3 is 10.6 Å².